The number of halogens is 4. The van der Waals surface area contributed by atoms with Gasteiger partial charge in [-0.15, -0.1) is 12.4 Å². The van der Waals surface area contributed by atoms with Crippen molar-refractivity contribution in [1.29, 1.82) is 0 Å². The van der Waals surface area contributed by atoms with Crippen LogP contribution in [0.25, 0.3) is 0 Å². The summed E-state index contributed by atoms with van der Waals surface area (Å²) in [6, 6.07) is 4.31. The maximum absolute atomic E-state index is 12.1. The molecule has 1 nitrogen and oxygen atoms in total. The summed E-state index contributed by atoms with van der Waals surface area (Å²) in [5.74, 6) is 0. The lowest BCUT2D eigenvalue weighted by Gasteiger charge is -2.03. The molecule has 0 bridgehead atoms. The standard InChI is InChI=1S/C7H6BrF2N.ClH/c8-4-1-2-5(7(9)10)6(11)3-4;/h1-3,7H,11H2;1H. The number of nitrogens with two attached hydrogens (primary N) is 1. The molecule has 0 radical (unpaired) electrons. The summed E-state index contributed by atoms with van der Waals surface area (Å²) < 4.78 is 24.8. The minimum Gasteiger partial charge on any atom is -0.398 e. The molecule has 0 aromatic heterocycles. The summed E-state index contributed by atoms with van der Waals surface area (Å²) in [6.07, 6.45) is -2.50. The van der Waals surface area contributed by atoms with E-state index in [4.69, 9.17) is 5.73 Å². The van der Waals surface area contributed by atoms with Crippen molar-refractivity contribution in [3.05, 3.63) is 28.2 Å². The van der Waals surface area contributed by atoms with Gasteiger partial charge in [0.1, 0.15) is 0 Å². The number of anilines is 1. The van der Waals surface area contributed by atoms with E-state index in [1.165, 1.54) is 18.2 Å². The molecule has 12 heavy (non-hydrogen) atoms. The molecule has 0 heterocycles. The second-order valence-corrected chi connectivity index (χ2v) is 2.99. The van der Waals surface area contributed by atoms with Crippen molar-refractivity contribution in [2.75, 3.05) is 5.73 Å². The van der Waals surface area contributed by atoms with Crippen LogP contribution >= 0.6 is 28.3 Å². The van der Waals surface area contributed by atoms with E-state index in [1.807, 2.05) is 0 Å². The fourth-order valence-electron chi connectivity index (χ4n) is 0.744. The van der Waals surface area contributed by atoms with Crippen LogP contribution in [0.2, 0.25) is 0 Å². The topological polar surface area (TPSA) is 26.0 Å². The normalized spacial score (nSPS) is 9.67. The predicted octanol–water partition coefficient (Wildman–Crippen LogP) is 3.39. The molecule has 0 saturated heterocycles. The van der Waals surface area contributed by atoms with Gasteiger partial charge in [0.05, 0.1) is 0 Å². The lowest BCUT2D eigenvalue weighted by Crippen LogP contribution is -1.93. The van der Waals surface area contributed by atoms with Crippen molar-refractivity contribution >= 4 is 34.0 Å². The van der Waals surface area contributed by atoms with Crippen LogP contribution in [-0.4, -0.2) is 0 Å². The zero-order valence-corrected chi connectivity index (χ0v) is 8.33. The Balaban J connectivity index is 0.00000121. The number of hydrogen-bond donors (Lipinski definition) is 1. The third-order valence-corrected chi connectivity index (χ3v) is 1.78. The van der Waals surface area contributed by atoms with Crippen molar-refractivity contribution in [3.63, 3.8) is 0 Å². The van der Waals surface area contributed by atoms with Gasteiger partial charge in [-0.25, -0.2) is 8.78 Å². The van der Waals surface area contributed by atoms with Crippen LogP contribution in [0.3, 0.4) is 0 Å². The molecule has 2 N–H and O–H groups in total. The monoisotopic (exact) mass is 257 g/mol. The van der Waals surface area contributed by atoms with Crippen LogP contribution in [0, 0.1) is 0 Å². The van der Waals surface area contributed by atoms with E-state index in [1.54, 1.807) is 0 Å². The van der Waals surface area contributed by atoms with Gasteiger partial charge >= 0.3 is 0 Å². The first kappa shape index (κ1) is 11.6. The number of nitrogen functional groups attached to an aromatic ring is 1. The first-order valence-electron chi connectivity index (χ1n) is 2.94. The maximum Gasteiger partial charge on any atom is 0.265 e. The van der Waals surface area contributed by atoms with E-state index in [0.29, 0.717) is 4.47 Å². The highest BCUT2D eigenvalue weighted by molar-refractivity contribution is 9.10. The van der Waals surface area contributed by atoms with E-state index in [-0.39, 0.29) is 23.7 Å². The van der Waals surface area contributed by atoms with E-state index < -0.39 is 6.43 Å². The molecule has 1 rings (SSSR count). The van der Waals surface area contributed by atoms with Crippen LogP contribution < -0.4 is 5.73 Å². The van der Waals surface area contributed by atoms with E-state index in [9.17, 15) is 8.78 Å². The van der Waals surface area contributed by atoms with Crippen LogP contribution in [0.4, 0.5) is 14.5 Å². The lowest BCUT2D eigenvalue weighted by atomic mass is 10.2. The highest BCUT2D eigenvalue weighted by Gasteiger charge is 2.09. The Hall–Kier alpha value is -0.350. The quantitative estimate of drug-likeness (QED) is 0.768. The molecule has 0 amide bonds. The van der Waals surface area contributed by atoms with Gasteiger partial charge in [0, 0.05) is 15.7 Å². The Morgan fingerprint density at radius 3 is 2.33 bits per heavy atom. The Morgan fingerprint density at radius 1 is 1.33 bits per heavy atom. The summed E-state index contributed by atoms with van der Waals surface area (Å²) in [4.78, 5) is 0. The fourth-order valence-corrected chi connectivity index (χ4v) is 1.12. The van der Waals surface area contributed by atoms with Crippen molar-refractivity contribution in [1.82, 2.24) is 0 Å². The second-order valence-electron chi connectivity index (χ2n) is 2.07. The molecule has 1 aromatic carbocycles. The zero-order valence-electron chi connectivity index (χ0n) is 5.93. The van der Waals surface area contributed by atoms with Gasteiger partial charge in [-0.3, -0.25) is 0 Å². The molecule has 0 saturated carbocycles. The SMILES string of the molecule is Cl.Nc1cc(Br)ccc1C(F)F. The summed E-state index contributed by atoms with van der Waals surface area (Å²) in [5, 5.41) is 0. The summed E-state index contributed by atoms with van der Waals surface area (Å²) in [5.41, 5.74) is 5.31. The Morgan fingerprint density at radius 2 is 1.92 bits per heavy atom. The minimum atomic E-state index is -2.50. The maximum atomic E-state index is 12.1. The zero-order chi connectivity index (χ0) is 8.43. The largest absolute Gasteiger partial charge is 0.398 e. The van der Waals surface area contributed by atoms with Crippen LogP contribution in [0.15, 0.2) is 22.7 Å². The molecule has 0 aliphatic heterocycles. The van der Waals surface area contributed by atoms with Gasteiger partial charge in [0.25, 0.3) is 6.43 Å². The van der Waals surface area contributed by atoms with E-state index in [0.717, 1.165) is 0 Å². The number of benzene rings is 1. The van der Waals surface area contributed by atoms with Gasteiger partial charge < -0.3 is 5.73 Å². The summed E-state index contributed by atoms with van der Waals surface area (Å²) >= 11 is 3.12. The van der Waals surface area contributed by atoms with Gasteiger partial charge in [-0.05, 0) is 12.1 Å². The van der Waals surface area contributed by atoms with Crippen molar-refractivity contribution < 1.29 is 8.78 Å². The number of alkyl halides is 2. The molecular weight excluding hydrogens is 251 g/mol. The highest BCUT2D eigenvalue weighted by atomic mass is 79.9. The van der Waals surface area contributed by atoms with Crippen molar-refractivity contribution in [2.24, 2.45) is 0 Å². The first-order valence-corrected chi connectivity index (χ1v) is 3.73. The van der Waals surface area contributed by atoms with Crippen LogP contribution in [0.5, 0.6) is 0 Å². The number of hydrogen-bond acceptors (Lipinski definition) is 1. The van der Waals surface area contributed by atoms with Crippen molar-refractivity contribution in [3.8, 4) is 0 Å². The smallest absolute Gasteiger partial charge is 0.265 e. The summed E-state index contributed by atoms with van der Waals surface area (Å²) in [6.45, 7) is 0. The molecule has 68 valence electrons. The second kappa shape index (κ2) is 4.62. The number of rotatable bonds is 1. The molecule has 5 heteroatoms. The third kappa shape index (κ3) is 2.60. The Labute approximate surface area is 83.5 Å². The lowest BCUT2D eigenvalue weighted by molar-refractivity contribution is 0.152. The Bertz CT molecular complexity index is 268. The molecule has 0 atom stereocenters. The molecule has 0 spiro atoms. The molecule has 1 aromatic rings. The van der Waals surface area contributed by atoms with Gasteiger partial charge in [-0.1, -0.05) is 22.0 Å². The van der Waals surface area contributed by atoms with E-state index >= 15 is 0 Å². The van der Waals surface area contributed by atoms with Gasteiger partial charge in [0.2, 0.25) is 0 Å². The van der Waals surface area contributed by atoms with Gasteiger partial charge in [0.15, 0.2) is 0 Å². The molecule has 0 unspecified atom stereocenters. The van der Waals surface area contributed by atoms with Gasteiger partial charge in [-0.2, -0.15) is 0 Å². The molecular formula is C7H7BrClF2N. The molecule has 0 aliphatic carbocycles. The average Bonchev–Trinajstić information content (AvgIpc) is 1.85. The average molecular weight is 258 g/mol. The minimum absolute atomic E-state index is 0. The predicted molar refractivity (Wildman–Crippen MR) is 50.8 cm³/mol. The fraction of sp³-hybridized carbons (Fsp3) is 0.143. The molecule has 0 aliphatic rings. The Kier molecular flexibility index (Phi) is 4.49. The molecule has 0 fully saturated rings. The third-order valence-electron chi connectivity index (χ3n) is 1.28. The van der Waals surface area contributed by atoms with Crippen LogP contribution in [-0.2, 0) is 0 Å². The van der Waals surface area contributed by atoms with Crippen LogP contribution in [0.1, 0.15) is 12.0 Å². The summed E-state index contributed by atoms with van der Waals surface area (Å²) in [7, 11) is 0. The van der Waals surface area contributed by atoms with Crippen molar-refractivity contribution in [2.45, 2.75) is 6.43 Å². The first-order chi connectivity index (χ1) is 5.11. The van der Waals surface area contributed by atoms with E-state index in [2.05, 4.69) is 15.9 Å². The highest BCUT2D eigenvalue weighted by Crippen LogP contribution is 2.27.